The molecule has 110 valence electrons. The molecule has 1 N–H and O–H groups in total. The lowest BCUT2D eigenvalue weighted by Gasteiger charge is -2.26. The smallest absolute Gasteiger partial charge is 0.253 e. The van der Waals surface area contributed by atoms with Crippen LogP contribution in [0.5, 0.6) is 0 Å². The van der Waals surface area contributed by atoms with Crippen molar-refractivity contribution >= 4 is 5.91 Å². The summed E-state index contributed by atoms with van der Waals surface area (Å²) in [5.74, 6) is 0.141. The largest absolute Gasteiger partial charge is 0.342 e. The number of nitrogens with zero attached hydrogens (tertiary/aromatic N) is 1. The average Bonchev–Trinajstić information content (AvgIpc) is 2.48. The Balaban J connectivity index is 1.92. The minimum absolute atomic E-state index is 0.141. The van der Waals surface area contributed by atoms with Crippen LogP contribution in [-0.2, 0) is 0 Å². The fourth-order valence-corrected chi connectivity index (χ4v) is 2.81. The normalized spacial score (nSPS) is 18.9. The summed E-state index contributed by atoms with van der Waals surface area (Å²) >= 11 is 0. The lowest BCUT2D eigenvalue weighted by molar-refractivity contribution is 0.0787. The quantitative estimate of drug-likeness (QED) is 0.915. The Kier molecular flexibility index (Phi) is 5.18. The summed E-state index contributed by atoms with van der Waals surface area (Å²) < 4.78 is 0. The topological polar surface area (TPSA) is 32.3 Å². The lowest BCUT2D eigenvalue weighted by atomic mass is 10.0. The van der Waals surface area contributed by atoms with E-state index in [1.165, 1.54) is 24.8 Å². The zero-order valence-corrected chi connectivity index (χ0v) is 12.9. The molecule has 1 aliphatic rings. The second-order valence-electron chi connectivity index (χ2n) is 5.91. The van der Waals surface area contributed by atoms with Crippen LogP contribution in [0.3, 0.4) is 0 Å². The van der Waals surface area contributed by atoms with Crippen molar-refractivity contribution in [1.82, 2.24) is 10.2 Å². The van der Waals surface area contributed by atoms with Crippen LogP contribution in [0.1, 0.15) is 47.2 Å². The summed E-state index contributed by atoms with van der Waals surface area (Å²) in [6.45, 7) is 6.03. The van der Waals surface area contributed by atoms with E-state index in [1.807, 2.05) is 31.0 Å². The Labute approximate surface area is 122 Å². The number of amides is 1. The number of hydrogen-bond acceptors (Lipinski definition) is 2. The van der Waals surface area contributed by atoms with Gasteiger partial charge in [0.15, 0.2) is 0 Å². The van der Waals surface area contributed by atoms with Gasteiger partial charge in [0.2, 0.25) is 0 Å². The Morgan fingerprint density at radius 2 is 2.15 bits per heavy atom. The molecule has 1 atom stereocenters. The molecule has 2 rings (SSSR count). The fraction of sp³-hybridized carbons (Fsp3) is 0.588. The molecule has 3 nitrogen and oxygen atoms in total. The van der Waals surface area contributed by atoms with E-state index in [0.29, 0.717) is 6.04 Å². The number of hydrogen-bond donors (Lipinski definition) is 1. The zero-order chi connectivity index (χ0) is 14.5. The summed E-state index contributed by atoms with van der Waals surface area (Å²) in [4.78, 5) is 14.4. The Bertz CT molecular complexity index is 464. The molecule has 1 fully saturated rings. The van der Waals surface area contributed by atoms with Crippen molar-refractivity contribution in [2.75, 3.05) is 20.1 Å². The highest BCUT2D eigenvalue weighted by Crippen LogP contribution is 2.16. The molecular weight excluding hydrogens is 248 g/mol. The highest BCUT2D eigenvalue weighted by atomic mass is 16.2. The van der Waals surface area contributed by atoms with Gasteiger partial charge in [-0.15, -0.1) is 0 Å². The second kappa shape index (κ2) is 6.89. The zero-order valence-electron chi connectivity index (χ0n) is 12.9. The SMILES string of the molecule is Cc1cccc(C(=O)N(C)CCC2CCCCN2)c1C. The molecule has 1 unspecified atom stereocenters. The Morgan fingerprint density at radius 1 is 1.35 bits per heavy atom. The van der Waals surface area contributed by atoms with Crippen LogP contribution in [0.15, 0.2) is 18.2 Å². The highest BCUT2D eigenvalue weighted by Gasteiger charge is 2.17. The molecule has 1 heterocycles. The molecule has 0 radical (unpaired) electrons. The van der Waals surface area contributed by atoms with Crippen LogP contribution in [0.4, 0.5) is 0 Å². The lowest BCUT2D eigenvalue weighted by Crippen LogP contribution is -2.38. The maximum absolute atomic E-state index is 12.5. The van der Waals surface area contributed by atoms with E-state index in [4.69, 9.17) is 0 Å². The van der Waals surface area contributed by atoms with E-state index < -0.39 is 0 Å². The molecule has 3 heteroatoms. The van der Waals surface area contributed by atoms with E-state index in [0.717, 1.165) is 30.6 Å². The third-order valence-electron chi connectivity index (χ3n) is 4.41. The molecule has 1 aliphatic heterocycles. The summed E-state index contributed by atoms with van der Waals surface area (Å²) in [7, 11) is 1.91. The van der Waals surface area contributed by atoms with Gasteiger partial charge in [0.05, 0.1) is 0 Å². The molecule has 0 bridgehead atoms. The van der Waals surface area contributed by atoms with Gasteiger partial charge in [-0.1, -0.05) is 18.6 Å². The molecule has 20 heavy (non-hydrogen) atoms. The molecule has 0 saturated carbocycles. The van der Waals surface area contributed by atoms with Gasteiger partial charge >= 0.3 is 0 Å². The second-order valence-corrected chi connectivity index (χ2v) is 5.91. The summed E-state index contributed by atoms with van der Waals surface area (Å²) in [6, 6.07) is 6.53. The van der Waals surface area contributed by atoms with Crippen molar-refractivity contribution in [3.05, 3.63) is 34.9 Å². The van der Waals surface area contributed by atoms with Gasteiger partial charge in [-0.05, 0) is 56.8 Å². The van der Waals surface area contributed by atoms with Crippen LogP contribution < -0.4 is 5.32 Å². The highest BCUT2D eigenvalue weighted by molar-refractivity contribution is 5.95. The fourth-order valence-electron chi connectivity index (χ4n) is 2.81. The summed E-state index contributed by atoms with van der Waals surface area (Å²) in [5, 5.41) is 3.54. The number of rotatable bonds is 4. The number of carbonyl (C=O) groups excluding carboxylic acids is 1. The van der Waals surface area contributed by atoms with Crippen molar-refractivity contribution in [1.29, 1.82) is 0 Å². The van der Waals surface area contributed by atoms with Crippen LogP contribution in [-0.4, -0.2) is 37.0 Å². The maximum atomic E-state index is 12.5. The number of nitrogens with one attached hydrogen (secondary N) is 1. The molecule has 1 amide bonds. The summed E-state index contributed by atoms with van der Waals surface area (Å²) in [5.41, 5.74) is 3.11. The first-order chi connectivity index (χ1) is 9.59. The number of carbonyl (C=O) groups is 1. The van der Waals surface area contributed by atoms with Crippen molar-refractivity contribution < 1.29 is 4.79 Å². The van der Waals surface area contributed by atoms with Gasteiger partial charge in [-0.3, -0.25) is 4.79 Å². The molecule has 1 saturated heterocycles. The van der Waals surface area contributed by atoms with Crippen molar-refractivity contribution in [2.45, 2.75) is 45.6 Å². The van der Waals surface area contributed by atoms with Crippen LogP contribution >= 0.6 is 0 Å². The first-order valence-corrected chi connectivity index (χ1v) is 7.64. The molecular formula is C17H26N2O. The van der Waals surface area contributed by atoms with Gasteiger partial charge in [0.1, 0.15) is 0 Å². The Hall–Kier alpha value is -1.35. The number of piperidine rings is 1. The monoisotopic (exact) mass is 274 g/mol. The van der Waals surface area contributed by atoms with Crippen LogP contribution in [0.2, 0.25) is 0 Å². The van der Waals surface area contributed by atoms with E-state index in [-0.39, 0.29) is 5.91 Å². The Morgan fingerprint density at radius 3 is 2.85 bits per heavy atom. The average molecular weight is 274 g/mol. The standard InChI is InChI=1S/C17H26N2O/c1-13-7-6-9-16(14(13)2)17(20)19(3)12-10-15-8-4-5-11-18-15/h6-7,9,15,18H,4-5,8,10-12H2,1-3H3. The molecule has 1 aromatic rings. The first kappa shape index (κ1) is 15.0. The van der Waals surface area contributed by atoms with Gasteiger partial charge < -0.3 is 10.2 Å². The van der Waals surface area contributed by atoms with E-state index >= 15 is 0 Å². The minimum Gasteiger partial charge on any atom is -0.342 e. The van der Waals surface area contributed by atoms with Crippen molar-refractivity contribution in [3.63, 3.8) is 0 Å². The number of aryl methyl sites for hydroxylation is 1. The molecule has 0 spiro atoms. The van der Waals surface area contributed by atoms with Gasteiger partial charge in [0, 0.05) is 25.2 Å². The molecule has 0 aliphatic carbocycles. The van der Waals surface area contributed by atoms with Crippen LogP contribution in [0, 0.1) is 13.8 Å². The predicted molar refractivity (Wildman–Crippen MR) is 83.1 cm³/mol. The molecule has 0 aromatic heterocycles. The molecule has 1 aromatic carbocycles. The predicted octanol–water partition coefficient (Wildman–Crippen LogP) is 2.91. The van der Waals surface area contributed by atoms with Crippen molar-refractivity contribution in [2.24, 2.45) is 0 Å². The van der Waals surface area contributed by atoms with Crippen molar-refractivity contribution in [3.8, 4) is 0 Å². The summed E-state index contributed by atoms with van der Waals surface area (Å²) in [6.07, 6.45) is 4.89. The van der Waals surface area contributed by atoms with Gasteiger partial charge in [-0.25, -0.2) is 0 Å². The maximum Gasteiger partial charge on any atom is 0.253 e. The van der Waals surface area contributed by atoms with Gasteiger partial charge in [0.25, 0.3) is 5.91 Å². The van der Waals surface area contributed by atoms with Crippen LogP contribution in [0.25, 0.3) is 0 Å². The van der Waals surface area contributed by atoms with E-state index in [1.54, 1.807) is 0 Å². The third-order valence-corrected chi connectivity index (χ3v) is 4.41. The van der Waals surface area contributed by atoms with E-state index in [9.17, 15) is 4.79 Å². The third kappa shape index (κ3) is 3.60. The van der Waals surface area contributed by atoms with Gasteiger partial charge in [-0.2, -0.15) is 0 Å². The minimum atomic E-state index is 0.141. The van der Waals surface area contributed by atoms with E-state index in [2.05, 4.69) is 18.3 Å². The first-order valence-electron chi connectivity index (χ1n) is 7.64. The number of benzene rings is 1.